The van der Waals surface area contributed by atoms with Crippen LogP contribution in [0.1, 0.15) is 44.0 Å². The fraction of sp³-hybridized carbons (Fsp3) is 0.636. The lowest BCUT2D eigenvalue weighted by molar-refractivity contribution is 0.551. The zero-order valence-electron chi connectivity index (χ0n) is 8.59. The van der Waals surface area contributed by atoms with Gasteiger partial charge >= 0.3 is 0 Å². The van der Waals surface area contributed by atoms with Crippen LogP contribution in [0.2, 0.25) is 0 Å². The first-order valence-electron chi connectivity index (χ1n) is 4.93. The molecular formula is C11H16N2. The van der Waals surface area contributed by atoms with E-state index in [0.717, 1.165) is 0 Å². The molecule has 0 unspecified atom stereocenters. The van der Waals surface area contributed by atoms with Gasteiger partial charge in [0.05, 0.1) is 11.9 Å². The number of nitrogens with zero attached hydrogens (tertiary/aromatic N) is 2. The lowest BCUT2D eigenvalue weighted by atomic mass is 9.88. The number of fused-ring (bicyclic) bond motifs is 1. The Bertz CT molecular complexity index is 323. The lowest BCUT2D eigenvalue weighted by Crippen LogP contribution is -2.17. The number of aromatic nitrogens is 2. The molecule has 1 aliphatic rings. The van der Waals surface area contributed by atoms with Crippen LogP contribution in [0.25, 0.3) is 0 Å². The minimum atomic E-state index is 0.142. The monoisotopic (exact) mass is 176 g/mol. The molecule has 0 saturated heterocycles. The van der Waals surface area contributed by atoms with E-state index in [0.29, 0.717) is 0 Å². The molecule has 0 fully saturated rings. The molecule has 2 heteroatoms. The molecular weight excluding hydrogens is 160 g/mol. The Morgan fingerprint density at radius 2 is 2.00 bits per heavy atom. The number of hydrogen-bond donors (Lipinski definition) is 0. The molecule has 0 spiro atoms. The van der Waals surface area contributed by atoms with E-state index in [4.69, 9.17) is 0 Å². The van der Waals surface area contributed by atoms with Crippen molar-refractivity contribution in [3.8, 4) is 0 Å². The van der Waals surface area contributed by atoms with Crippen molar-refractivity contribution < 1.29 is 0 Å². The predicted octanol–water partition coefficient (Wildman–Crippen LogP) is 2.26. The van der Waals surface area contributed by atoms with Crippen LogP contribution < -0.4 is 0 Å². The maximum atomic E-state index is 4.27. The largest absolute Gasteiger partial charge is 0.159 e. The molecule has 0 atom stereocenters. The van der Waals surface area contributed by atoms with E-state index in [2.05, 4.69) is 31.0 Å². The molecule has 70 valence electrons. The predicted molar refractivity (Wildman–Crippen MR) is 52.8 cm³/mol. The maximum absolute atomic E-state index is 4.27. The average Bonchev–Trinajstić information content (AvgIpc) is 2.48. The second-order valence-corrected chi connectivity index (χ2v) is 4.80. The van der Waals surface area contributed by atoms with Gasteiger partial charge < -0.3 is 0 Å². The van der Waals surface area contributed by atoms with Gasteiger partial charge in [0.1, 0.15) is 0 Å². The van der Waals surface area contributed by atoms with Gasteiger partial charge in [0.2, 0.25) is 0 Å². The summed E-state index contributed by atoms with van der Waals surface area (Å²) in [5.74, 6) is 0. The summed E-state index contributed by atoms with van der Waals surface area (Å²) in [6, 6.07) is 0. The van der Waals surface area contributed by atoms with Crippen LogP contribution in [-0.4, -0.2) is 10.2 Å². The summed E-state index contributed by atoms with van der Waals surface area (Å²) in [5, 5.41) is 8.34. The van der Waals surface area contributed by atoms with Gasteiger partial charge in [0.25, 0.3) is 0 Å². The van der Waals surface area contributed by atoms with Crippen molar-refractivity contribution in [2.45, 2.75) is 45.4 Å². The van der Waals surface area contributed by atoms with E-state index in [-0.39, 0.29) is 5.41 Å². The molecule has 1 heterocycles. The van der Waals surface area contributed by atoms with Gasteiger partial charge in [-0.25, -0.2) is 0 Å². The average molecular weight is 176 g/mol. The summed E-state index contributed by atoms with van der Waals surface area (Å²) in [5.41, 5.74) is 4.22. The Kier molecular flexibility index (Phi) is 1.86. The van der Waals surface area contributed by atoms with Crippen molar-refractivity contribution in [1.82, 2.24) is 10.2 Å². The summed E-state index contributed by atoms with van der Waals surface area (Å²) in [4.78, 5) is 0. The van der Waals surface area contributed by atoms with Gasteiger partial charge in [-0.3, -0.25) is 0 Å². The van der Waals surface area contributed by atoms with E-state index in [9.17, 15) is 0 Å². The minimum Gasteiger partial charge on any atom is -0.159 e. The Hall–Kier alpha value is -0.920. The highest BCUT2D eigenvalue weighted by molar-refractivity contribution is 5.35. The molecule has 0 aromatic carbocycles. The zero-order chi connectivity index (χ0) is 9.47. The van der Waals surface area contributed by atoms with Gasteiger partial charge in [-0.2, -0.15) is 10.2 Å². The van der Waals surface area contributed by atoms with Crippen LogP contribution in [-0.2, 0) is 18.3 Å². The fourth-order valence-corrected chi connectivity index (χ4v) is 2.00. The van der Waals surface area contributed by atoms with Gasteiger partial charge in [0.15, 0.2) is 0 Å². The second kappa shape index (κ2) is 2.79. The van der Waals surface area contributed by atoms with Crippen molar-refractivity contribution in [3.05, 3.63) is 23.0 Å². The van der Waals surface area contributed by atoms with Crippen LogP contribution >= 0.6 is 0 Å². The summed E-state index contributed by atoms with van der Waals surface area (Å²) in [6.07, 6.45) is 5.58. The fourth-order valence-electron chi connectivity index (χ4n) is 2.00. The standard InChI is InChI=1S/C11H16N2/c1-11(2,3)10-9-6-4-5-8(9)7-12-13-10/h7H,4-6H2,1-3H3. The van der Waals surface area contributed by atoms with Crippen LogP contribution in [0, 0.1) is 0 Å². The molecule has 0 saturated carbocycles. The highest BCUT2D eigenvalue weighted by Crippen LogP contribution is 2.30. The third-order valence-electron chi connectivity index (χ3n) is 2.63. The Morgan fingerprint density at radius 3 is 2.69 bits per heavy atom. The van der Waals surface area contributed by atoms with Crippen molar-refractivity contribution >= 4 is 0 Å². The van der Waals surface area contributed by atoms with E-state index in [1.54, 1.807) is 0 Å². The maximum Gasteiger partial charge on any atom is 0.0719 e. The summed E-state index contributed by atoms with van der Waals surface area (Å²) >= 11 is 0. The summed E-state index contributed by atoms with van der Waals surface area (Å²) in [7, 11) is 0. The van der Waals surface area contributed by atoms with Crippen LogP contribution in [0.5, 0.6) is 0 Å². The van der Waals surface area contributed by atoms with E-state index in [1.165, 1.54) is 36.1 Å². The lowest BCUT2D eigenvalue weighted by Gasteiger charge is -2.19. The summed E-state index contributed by atoms with van der Waals surface area (Å²) in [6.45, 7) is 6.61. The van der Waals surface area contributed by atoms with Crippen LogP contribution in [0.4, 0.5) is 0 Å². The third kappa shape index (κ3) is 1.45. The smallest absolute Gasteiger partial charge is 0.0719 e. The van der Waals surface area contributed by atoms with Gasteiger partial charge in [-0.05, 0) is 30.4 Å². The number of rotatable bonds is 0. The molecule has 0 amide bonds. The van der Waals surface area contributed by atoms with Crippen LogP contribution in [0.15, 0.2) is 6.20 Å². The summed E-state index contributed by atoms with van der Waals surface area (Å²) < 4.78 is 0. The highest BCUT2D eigenvalue weighted by Gasteiger charge is 2.24. The minimum absolute atomic E-state index is 0.142. The molecule has 2 rings (SSSR count). The molecule has 2 nitrogen and oxygen atoms in total. The molecule has 0 bridgehead atoms. The van der Waals surface area contributed by atoms with Gasteiger partial charge in [-0.1, -0.05) is 20.8 Å². The zero-order valence-corrected chi connectivity index (χ0v) is 8.59. The molecule has 1 aromatic heterocycles. The molecule has 1 aromatic rings. The first-order valence-corrected chi connectivity index (χ1v) is 4.93. The third-order valence-corrected chi connectivity index (χ3v) is 2.63. The first kappa shape index (κ1) is 8.67. The molecule has 0 radical (unpaired) electrons. The van der Waals surface area contributed by atoms with Gasteiger partial charge in [-0.15, -0.1) is 0 Å². The van der Waals surface area contributed by atoms with Crippen LogP contribution in [0.3, 0.4) is 0 Å². The molecule has 0 aliphatic heterocycles. The first-order chi connectivity index (χ1) is 6.09. The molecule has 0 N–H and O–H groups in total. The Labute approximate surface area is 79.4 Å². The van der Waals surface area contributed by atoms with Crippen molar-refractivity contribution in [1.29, 1.82) is 0 Å². The van der Waals surface area contributed by atoms with Crippen molar-refractivity contribution in [2.75, 3.05) is 0 Å². The quantitative estimate of drug-likeness (QED) is 0.606. The Morgan fingerprint density at radius 1 is 1.23 bits per heavy atom. The van der Waals surface area contributed by atoms with E-state index in [1.807, 2.05) is 6.20 Å². The number of hydrogen-bond acceptors (Lipinski definition) is 2. The topological polar surface area (TPSA) is 25.8 Å². The normalized spacial score (nSPS) is 15.9. The van der Waals surface area contributed by atoms with E-state index >= 15 is 0 Å². The van der Waals surface area contributed by atoms with Gasteiger partial charge in [0, 0.05) is 5.41 Å². The van der Waals surface area contributed by atoms with Crippen molar-refractivity contribution in [3.63, 3.8) is 0 Å². The molecule has 1 aliphatic carbocycles. The Balaban J connectivity index is 2.54. The number of aryl methyl sites for hydroxylation is 1. The van der Waals surface area contributed by atoms with E-state index < -0.39 is 0 Å². The van der Waals surface area contributed by atoms with Crippen molar-refractivity contribution in [2.24, 2.45) is 0 Å². The molecule has 13 heavy (non-hydrogen) atoms. The second-order valence-electron chi connectivity index (χ2n) is 4.80. The highest BCUT2D eigenvalue weighted by atomic mass is 15.1. The SMILES string of the molecule is CC(C)(C)c1nncc2c1CCC2.